The molecule has 0 amide bonds. The van der Waals surface area contributed by atoms with Crippen LogP contribution in [0.5, 0.6) is 5.75 Å². The van der Waals surface area contributed by atoms with Crippen LogP contribution in [0.4, 0.5) is 0 Å². The lowest BCUT2D eigenvalue weighted by Crippen LogP contribution is -2.05. The predicted octanol–water partition coefficient (Wildman–Crippen LogP) is 3.75. The number of rotatable bonds is 2. The van der Waals surface area contributed by atoms with Crippen LogP contribution >= 0.6 is 11.6 Å². The number of aromatic nitrogens is 1. The van der Waals surface area contributed by atoms with Crippen LogP contribution in [0.15, 0.2) is 29.6 Å². The number of aliphatic hydroxyl groups is 1. The van der Waals surface area contributed by atoms with E-state index in [-0.39, 0.29) is 16.9 Å². The Labute approximate surface area is 116 Å². The molecule has 0 aliphatic carbocycles. The lowest BCUT2D eigenvalue weighted by atomic mass is 10.1. The van der Waals surface area contributed by atoms with Crippen molar-refractivity contribution in [2.24, 2.45) is 0 Å². The lowest BCUT2D eigenvalue weighted by Gasteiger charge is -2.07. The molecule has 19 heavy (non-hydrogen) atoms. The number of halogens is 1. The second-order valence-corrected chi connectivity index (χ2v) is 3.88. The predicted molar refractivity (Wildman–Crippen MR) is 79.1 cm³/mol. The maximum Gasteiger partial charge on any atom is 0.190 e. The van der Waals surface area contributed by atoms with Gasteiger partial charge in [0.05, 0.1) is 18.3 Å². The van der Waals surface area contributed by atoms with E-state index < -0.39 is 0 Å². The molecule has 0 radical (unpaired) electrons. The van der Waals surface area contributed by atoms with E-state index in [0.717, 1.165) is 0 Å². The molecule has 5 heteroatoms. The smallest absolute Gasteiger partial charge is 0.190 e. The highest BCUT2D eigenvalue weighted by atomic mass is 35.5. The summed E-state index contributed by atoms with van der Waals surface area (Å²) < 4.78 is 5.05. The largest absolute Gasteiger partial charge is 0.506 e. The Kier molecular flexibility index (Phi) is 5.01. The fraction of sp³-hybridized carbons (Fsp3) is 0.214. The molecule has 102 valence electrons. The first-order valence-electron chi connectivity index (χ1n) is 5.82. The fourth-order valence-corrected chi connectivity index (χ4v) is 1.87. The van der Waals surface area contributed by atoms with E-state index in [0.29, 0.717) is 21.7 Å². The number of aliphatic hydroxyl groups excluding tert-OH is 1. The average molecular weight is 282 g/mol. The van der Waals surface area contributed by atoms with E-state index in [1.165, 1.54) is 13.2 Å². The summed E-state index contributed by atoms with van der Waals surface area (Å²) in [6, 6.07) is 4.50. The first-order chi connectivity index (χ1) is 9.04. The van der Waals surface area contributed by atoms with Crippen molar-refractivity contribution in [1.82, 2.24) is 4.98 Å². The maximum absolute atomic E-state index is 11.8. The van der Waals surface area contributed by atoms with Crippen molar-refractivity contribution in [2.45, 2.75) is 13.8 Å². The summed E-state index contributed by atoms with van der Waals surface area (Å²) in [7, 11) is 1.49. The summed E-state index contributed by atoms with van der Waals surface area (Å²) >= 11 is 6.08. The molecule has 0 fully saturated rings. The molecule has 0 bridgehead atoms. The van der Waals surface area contributed by atoms with Gasteiger partial charge in [0.2, 0.25) is 0 Å². The number of aromatic amines is 1. The van der Waals surface area contributed by atoms with Gasteiger partial charge in [0.25, 0.3) is 0 Å². The molecule has 0 spiro atoms. The van der Waals surface area contributed by atoms with Gasteiger partial charge in [-0.25, -0.2) is 0 Å². The van der Waals surface area contributed by atoms with Crippen LogP contribution in [0.2, 0.25) is 5.02 Å². The van der Waals surface area contributed by atoms with Gasteiger partial charge in [-0.05, 0) is 12.1 Å². The van der Waals surface area contributed by atoms with Crippen molar-refractivity contribution < 1.29 is 9.84 Å². The zero-order valence-electron chi connectivity index (χ0n) is 11.1. The molecule has 1 aromatic carbocycles. The zero-order valence-corrected chi connectivity index (χ0v) is 11.8. The molecule has 2 aromatic rings. The van der Waals surface area contributed by atoms with Crippen molar-refractivity contribution in [3.63, 3.8) is 0 Å². The maximum atomic E-state index is 11.8. The van der Waals surface area contributed by atoms with Gasteiger partial charge >= 0.3 is 0 Å². The van der Waals surface area contributed by atoms with Gasteiger partial charge < -0.3 is 14.8 Å². The highest BCUT2D eigenvalue weighted by Gasteiger charge is 2.10. The molecule has 0 saturated carbocycles. The average Bonchev–Trinajstić information content (AvgIpc) is 2.42. The van der Waals surface area contributed by atoms with Gasteiger partial charge in [0, 0.05) is 11.5 Å². The van der Waals surface area contributed by atoms with E-state index in [1.807, 2.05) is 13.8 Å². The van der Waals surface area contributed by atoms with E-state index in [2.05, 4.69) is 11.6 Å². The van der Waals surface area contributed by atoms with Gasteiger partial charge in [-0.1, -0.05) is 32.0 Å². The van der Waals surface area contributed by atoms with Crippen molar-refractivity contribution in [3.05, 3.63) is 45.7 Å². The number of nitrogens with one attached hydrogen (secondary N) is 1. The first-order valence-corrected chi connectivity index (χ1v) is 6.20. The highest BCUT2D eigenvalue weighted by molar-refractivity contribution is 6.36. The van der Waals surface area contributed by atoms with Gasteiger partial charge in [-0.2, -0.15) is 0 Å². The summed E-state index contributed by atoms with van der Waals surface area (Å²) in [5, 5.41) is 10.0. The minimum Gasteiger partial charge on any atom is -0.506 e. The van der Waals surface area contributed by atoms with Crippen molar-refractivity contribution >= 4 is 28.3 Å². The Morgan fingerprint density at radius 1 is 1.42 bits per heavy atom. The molecule has 1 aromatic heterocycles. The summed E-state index contributed by atoms with van der Waals surface area (Å²) in [5.41, 5.74) is 0.412. The molecular formula is C14H16ClNO3. The molecule has 1 heterocycles. The van der Waals surface area contributed by atoms with E-state index >= 15 is 0 Å². The number of benzene rings is 1. The third-order valence-corrected chi connectivity index (χ3v) is 2.81. The number of methoxy groups -OCH3 is 1. The van der Waals surface area contributed by atoms with Crippen LogP contribution in [0.1, 0.15) is 19.5 Å². The molecule has 0 aliphatic rings. The van der Waals surface area contributed by atoms with Gasteiger partial charge in [-0.15, -0.1) is 0 Å². The van der Waals surface area contributed by atoms with Gasteiger partial charge in [0.15, 0.2) is 5.43 Å². The summed E-state index contributed by atoms with van der Waals surface area (Å²) in [4.78, 5) is 14.6. The minimum absolute atomic E-state index is 0.220. The Morgan fingerprint density at radius 2 is 2.05 bits per heavy atom. The Morgan fingerprint density at radius 3 is 2.58 bits per heavy atom. The van der Waals surface area contributed by atoms with Crippen LogP contribution < -0.4 is 10.2 Å². The normalized spacial score (nSPS) is 9.68. The van der Waals surface area contributed by atoms with Crippen LogP contribution in [0.3, 0.4) is 0 Å². The van der Waals surface area contributed by atoms with Crippen molar-refractivity contribution in [1.29, 1.82) is 0 Å². The fourth-order valence-electron chi connectivity index (χ4n) is 1.58. The van der Waals surface area contributed by atoms with Crippen LogP contribution in [-0.2, 0) is 0 Å². The van der Waals surface area contributed by atoms with Gasteiger partial charge in [0.1, 0.15) is 16.5 Å². The number of ether oxygens (including phenoxy) is 1. The highest BCUT2D eigenvalue weighted by Crippen LogP contribution is 2.30. The molecule has 4 nitrogen and oxygen atoms in total. The van der Waals surface area contributed by atoms with E-state index in [9.17, 15) is 9.90 Å². The molecule has 2 rings (SSSR count). The molecule has 0 atom stereocenters. The molecule has 0 saturated heterocycles. The zero-order chi connectivity index (χ0) is 14.6. The lowest BCUT2D eigenvalue weighted by molar-refractivity contribution is 0.415. The van der Waals surface area contributed by atoms with Crippen LogP contribution in [-0.4, -0.2) is 17.2 Å². The Hall–Kier alpha value is -1.94. The third kappa shape index (κ3) is 2.90. The quantitative estimate of drug-likeness (QED) is 0.824. The summed E-state index contributed by atoms with van der Waals surface area (Å²) in [6.07, 6.45) is 0. The Balaban J connectivity index is 0.000000861. The molecular weight excluding hydrogens is 266 g/mol. The molecule has 2 N–H and O–H groups in total. The van der Waals surface area contributed by atoms with Gasteiger partial charge in [-0.3, -0.25) is 4.79 Å². The number of hydrogen-bond donors (Lipinski definition) is 2. The molecule has 0 unspecified atom stereocenters. The topological polar surface area (TPSA) is 62.3 Å². The first kappa shape index (κ1) is 15.1. The second-order valence-electron chi connectivity index (χ2n) is 3.50. The van der Waals surface area contributed by atoms with Crippen molar-refractivity contribution in [3.8, 4) is 5.75 Å². The summed E-state index contributed by atoms with van der Waals surface area (Å²) in [5.74, 6) is 0.235. The van der Waals surface area contributed by atoms with Crippen LogP contribution in [0, 0.1) is 0 Å². The number of hydrogen-bond acceptors (Lipinski definition) is 3. The number of fused-ring (bicyclic) bond motifs is 1. The van der Waals surface area contributed by atoms with Crippen LogP contribution in [0.25, 0.3) is 16.7 Å². The van der Waals surface area contributed by atoms with E-state index in [4.69, 9.17) is 16.3 Å². The van der Waals surface area contributed by atoms with E-state index in [1.54, 1.807) is 12.1 Å². The monoisotopic (exact) mass is 281 g/mol. The third-order valence-electron chi connectivity index (χ3n) is 2.44. The van der Waals surface area contributed by atoms with Crippen molar-refractivity contribution in [2.75, 3.05) is 7.11 Å². The standard InChI is InChI=1S/C12H10ClNO3.C2H6/c1-6(15)8-5-9(16)7-3-4-10(17-2)11(13)12(7)14-8;1-2/h3-5,15H,1H2,2H3,(H,14,16);1-2H3. The minimum atomic E-state index is -0.242. The number of pyridine rings is 1. The second kappa shape index (κ2) is 6.29. The molecule has 0 aliphatic heterocycles. The number of H-pyrrole nitrogens is 1. The Bertz CT molecular complexity index is 662. The SMILES string of the molecule is C=C(O)c1cc(=O)c2ccc(OC)c(Cl)c2[nH]1.CC. The summed E-state index contributed by atoms with van der Waals surface area (Å²) in [6.45, 7) is 7.36.